The Hall–Kier alpha value is -2.00. The summed E-state index contributed by atoms with van der Waals surface area (Å²) in [7, 11) is 0. The molecule has 3 aromatic rings. The van der Waals surface area contributed by atoms with Crippen LogP contribution in [0.2, 0.25) is 10.0 Å². The van der Waals surface area contributed by atoms with Crippen LogP contribution in [-0.2, 0) is 12.8 Å². The lowest BCUT2D eigenvalue weighted by atomic mass is 9.97. The molecule has 1 aliphatic carbocycles. The highest BCUT2D eigenvalue weighted by molar-refractivity contribution is 7.80. The molecule has 0 bridgehead atoms. The third kappa shape index (κ3) is 3.91. The van der Waals surface area contributed by atoms with Crippen LogP contribution >= 0.6 is 46.8 Å². The molecule has 1 amide bonds. The number of thiocarbonyl (C=S) groups is 1. The lowest BCUT2D eigenvalue weighted by molar-refractivity contribution is 0.0977. The number of hydrazine groups is 1. The van der Waals surface area contributed by atoms with Gasteiger partial charge in [-0.2, -0.15) is 0 Å². The summed E-state index contributed by atoms with van der Waals surface area (Å²) >= 11 is 18.8. The number of hydrogen-bond acceptors (Lipinski definition) is 6. The maximum atomic E-state index is 12.3. The quantitative estimate of drug-likeness (QED) is 0.401. The van der Waals surface area contributed by atoms with Gasteiger partial charge in [0.2, 0.25) is 0 Å². The van der Waals surface area contributed by atoms with Crippen LogP contribution in [0.3, 0.4) is 0 Å². The molecule has 1 aliphatic rings. The predicted molar refractivity (Wildman–Crippen MR) is 117 cm³/mol. The second-order valence-corrected chi connectivity index (χ2v) is 8.61. The highest BCUT2D eigenvalue weighted by Gasteiger charge is 2.20. The summed E-state index contributed by atoms with van der Waals surface area (Å²) in [6, 6.07) is 4.64. The van der Waals surface area contributed by atoms with Gasteiger partial charge in [0, 0.05) is 9.90 Å². The molecule has 4 rings (SSSR count). The first-order chi connectivity index (χ1) is 13.5. The van der Waals surface area contributed by atoms with Crippen molar-refractivity contribution in [2.45, 2.75) is 25.7 Å². The third-order valence-electron chi connectivity index (χ3n) is 4.45. The summed E-state index contributed by atoms with van der Waals surface area (Å²) in [6.45, 7) is 0. The first-order valence-electron chi connectivity index (χ1n) is 8.60. The molecule has 0 saturated carbocycles. The maximum Gasteiger partial charge on any atom is 0.258 e. The minimum atomic E-state index is -0.429. The number of aromatic nitrogens is 2. The van der Waals surface area contributed by atoms with Crippen molar-refractivity contribution >= 4 is 73.8 Å². The highest BCUT2D eigenvalue weighted by Crippen LogP contribution is 2.37. The summed E-state index contributed by atoms with van der Waals surface area (Å²) in [5.74, 6) is 0.215. The van der Waals surface area contributed by atoms with E-state index in [9.17, 15) is 4.79 Å². The zero-order valence-corrected chi connectivity index (χ0v) is 17.7. The third-order valence-corrected chi connectivity index (χ3v) is 6.40. The zero-order valence-electron chi connectivity index (χ0n) is 14.5. The first kappa shape index (κ1) is 19.3. The molecule has 0 radical (unpaired) electrons. The summed E-state index contributed by atoms with van der Waals surface area (Å²) < 4.78 is 0. The van der Waals surface area contributed by atoms with Gasteiger partial charge >= 0.3 is 0 Å². The van der Waals surface area contributed by atoms with E-state index in [1.807, 2.05) is 0 Å². The molecule has 0 fully saturated rings. The number of nitrogens with zero attached hydrogens (tertiary/aromatic N) is 2. The largest absolute Gasteiger partial charge is 0.298 e. The monoisotopic (exact) mass is 451 g/mol. The summed E-state index contributed by atoms with van der Waals surface area (Å²) in [5.41, 5.74) is 7.40. The van der Waals surface area contributed by atoms with Gasteiger partial charge in [-0.15, -0.1) is 11.3 Å². The highest BCUT2D eigenvalue weighted by atomic mass is 35.5. The first-order valence-corrected chi connectivity index (χ1v) is 10.6. The van der Waals surface area contributed by atoms with Crippen LogP contribution in [0.5, 0.6) is 0 Å². The second kappa shape index (κ2) is 8.16. The van der Waals surface area contributed by atoms with Gasteiger partial charge in [0.1, 0.15) is 11.2 Å². The van der Waals surface area contributed by atoms with E-state index < -0.39 is 5.91 Å². The van der Waals surface area contributed by atoms with Crippen LogP contribution in [0.25, 0.3) is 10.2 Å². The van der Waals surface area contributed by atoms with Crippen LogP contribution in [0.15, 0.2) is 24.5 Å². The van der Waals surface area contributed by atoms with E-state index in [1.54, 1.807) is 23.5 Å². The summed E-state index contributed by atoms with van der Waals surface area (Å²) in [5, 5.41) is 4.41. The molecule has 6 nitrogen and oxygen atoms in total. The Bertz CT molecular complexity index is 1090. The number of hydrogen-bond donors (Lipinski definition) is 3. The predicted octanol–water partition coefficient (Wildman–Crippen LogP) is 4.51. The molecule has 0 unspecified atom stereocenters. The van der Waals surface area contributed by atoms with Gasteiger partial charge in [-0.3, -0.25) is 21.0 Å². The van der Waals surface area contributed by atoms with Crippen molar-refractivity contribution in [3.05, 3.63) is 50.6 Å². The fourth-order valence-electron chi connectivity index (χ4n) is 3.18. The van der Waals surface area contributed by atoms with E-state index in [0.717, 1.165) is 29.5 Å². The van der Waals surface area contributed by atoms with Gasteiger partial charge in [0.05, 0.1) is 16.0 Å². The van der Waals surface area contributed by atoms with Crippen molar-refractivity contribution in [2.24, 2.45) is 0 Å². The number of thiophene rings is 1. The van der Waals surface area contributed by atoms with Crippen molar-refractivity contribution < 1.29 is 4.79 Å². The number of carbonyl (C=O) groups is 1. The Morgan fingerprint density at radius 1 is 1.18 bits per heavy atom. The van der Waals surface area contributed by atoms with Crippen LogP contribution in [-0.4, -0.2) is 21.0 Å². The van der Waals surface area contributed by atoms with Crippen LogP contribution in [0.4, 0.5) is 5.82 Å². The smallest absolute Gasteiger partial charge is 0.258 e. The fraction of sp³-hybridized carbons (Fsp3) is 0.222. The van der Waals surface area contributed by atoms with Crippen molar-refractivity contribution in [1.82, 2.24) is 20.7 Å². The maximum absolute atomic E-state index is 12.3. The van der Waals surface area contributed by atoms with Gasteiger partial charge in [-0.05, 0) is 61.7 Å². The van der Waals surface area contributed by atoms with Crippen molar-refractivity contribution in [3.8, 4) is 0 Å². The molecule has 0 spiro atoms. The summed E-state index contributed by atoms with van der Waals surface area (Å²) in [6.07, 6.45) is 5.99. The van der Waals surface area contributed by atoms with Gasteiger partial charge in [-0.25, -0.2) is 9.97 Å². The van der Waals surface area contributed by atoms with Crippen molar-refractivity contribution in [3.63, 3.8) is 0 Å². The van der Waals surface area contributed by atoms with E-state index in [2.05, 4.69) is 26.1 Å². The number of benzene rings is 1. The van der Waals surface area contributed by atoms with E-state index in [4.69, 9.17) is 35.4 Å². The number of aryl methyl sites for hydroxylation is 2. The Kier molecular flexibility index (Phi) is 5.63. The molecule has 1 aromatic carbocycles. The van der Waals surface area contributed by atoms with Crippen LogP contribution in [0.1, 0.15) is 33.6 Å². The number of amides is 1. The number of halogens is 2. The number of nitrogens with one attached hydrogen (secondary N) is 3. The molecule has 0 aliphatic heterocycles. The molecule has 0 atom stereocenters. The van der Waals surface area contributed by atoms with Crippen LogP contribution < -0.4 is 16.2 Å². The lowest BCUT2D eigenvalue weighted by Gasteiger charge is -2.14. The van der Waals surface area contributed by atoms with E-state index in [0.29, 0.717) is 10.8 Å². The van der Waals surface area contributed by atoms with E-state index in [-0.39, 0.29) is 15.7 Å². The van der Waals surface area contributed by atoms with Crippen molar-refractivity contribution in [1.29, 1.82) is 0 Å². The van der Waals surface area contributed by atoms with Crippen LogP contribution in [0, 0.1) is 0 Å². The van der Waals surface area contributed by atoms with Gasteiger partial charge < -0.3 is 0 Å². The molecular formula is C18H15Cl2N5OS2. The molecule has 2 heterocycles. The average molecular weight is 452 g/mol. The summed E-state index contributed by atoms with van der Waals surface area (Å²) in [4.78, 5) is 23.4. The zero-order chi connectivity index (χ0) is 19.7. The number of fused-ring (bicyclic) bond motifs is 3. The normalized spacial score (nSPS) is 13.1. The van der Waals surface area contributed by atoms with Gasteiger partial charge in [0.15, 0.2) is 10.9 Å². The topological polar surface area (TPSA) is 78.9 Å². The molecule has 144 valence electrons. The Morgan fingerprint density at radius 2 is 2.00 bits per heavy atom. The van der Waals surface area contributed by atoms with Gasteiger partial charge in [0.25, 0.3) is 5.91 Å². The Morgan fingerprint density at radius 3 is 2.82 bits per heavy atom. The standard InChI is InChI=1S/C18H15Cl2N5OS2/c19-9-5-6-10(12(20)7-9)16(26)23-18(27)25-24-15-14-11-3-1-2-4-13(11)28-17(14)22-8-21-15/h5-8H,1-4H2,(H,21,22,24)(H2,23,25,26,27). The molecule has 10 heteroatoms. The van der Waals surface area contributed by atoms with Gasteiger partial charge in [-0.1, -0.05) is 23.2 Å². The molecule has 2 aromatic heterocycles. The second-order valence-electron chi connectivity index (χ2n) is 6.27. The molecular weight excluding hydrogens is 437 g/mol. The minimum Gasteiger partial charge on any atom is -0.298 e. The fourth-order valence-corrected chi connectivity index (χ4v) is 5.04. The number of rotatable bonds is 3. The van der Waals surface area contributed by atoms with E-state index >= 15 is 0 Å². The lowest BCUT2D eigenvalue weighted by Crippen LogP contribution is -2.42. The minimum absolute atomic E-state index is 0.104. The Labute approximate surface area is 180 Å². The molecule has 28 heavy (non-hydrogen) atoms. The van der Waals surface area contributed by atoms with Crippen molar-refractivity contribution in [2.75, 3.05) is 5.43 Å². The molecule has 0 saturated heterocycles. The number of carbonyl (C=O) groups excluding carboxylic acids is 1. The Balaban J connectivity index is 1.46. The SMILES string of the molecule is O=C(NC(=S)NNc1ncnc2sc3c(c12)CCCC3)c1ccc(Cl)cc1Cl. The van der Waals surface area contributed by atoms with E-state index in [1.165, 1.54) is 29.3 Å². The molecule has 3 N–H and O–H groups in total. The average Bonchev–Trinajstić information content (AvgIpc) is 3.05. The number of anilines is 1.